The number of thioether (sulfide) groups is 1. The molecule has 1 saturated heterocycles. The zero-order valence-corrected chi connectivity index (χ0v) is 12.0. The van der Waals surface area contributed by atoms with Gasteiger partial charge in [0.05, 0.1) is 5.60 Å². The largest absolute Gasteiger partial charge is 0.375 e. The minimum Gasteiger partial charge on any atom is -0.375 e. The van der Waals surface area contributed by atoms with E-state index in [1.807, 2.05) is 23.9 Å². The number of benzene rings is 1. The van der Waals surface area contributed by atoms with Crippen molar-refractivity contribution in [3.63, 3.8) is 0 Å². The molecule has 19 heavy (non-hydrogen) atoms. The Hall–Kier alpha value is -0.800. The number of ether oxygens (including phenoxy) is 1. The SMILES string of the molecule is O=Cc1ccc(SC2CCOC3(CCCC3)C2)cc1. The van der Waals surface area contributed by atoms with Gasteiger partial charge in [-0.1, -0.05) is 25.0 Å². The molecule has 0 bridgehead atoms. The molecular weight excluding hydrogens is 256 g/mol. The lowest BCUT2D eigenvalue weighted by Crippen LogP contribution is -2.38. The number of aldehydes is 1. The Morgan fingerprint density at radius 2 is 1.95 bits per heavy atom. The Morgan fingerprint density at radius 3 is 2.63 bits per heavy atom. The quantitative estimate of drug-likeness (QED) is 0.778. The van der Waals surface area contributed by atoms with Crippen LogP contribution in [-0.4, -0.2) is 23.7 Å². The smallest absolute Gasteiger partial charge is 0.150 e. The highest BCUT2D eigenvalue weighted by Crippen LogP contribution is 2.44. The second kappa shape index (κ2) is 5.68. The van der Waals surface area contributed by atoms with Gasteiger partial charge in [-0.05, 0) is 37.8 Å². The van der Waals surface area contributed by atoms with Crippen molar-refractivity contribution in [1.29, 1.82) is 0 Å². The molecule has 1 aliphatic carbocycles. The third-order valence-electron chi connectivity index (χ3n) is 4.28. The van der Waals surface area contributed by atoms with E-state index in [0.29, 0.717) is 5.25 Å². The molecule has 0 radical (unpaired) electrons. The molecule has 0 aromatic heterocycles. The third kappa shape index (κ3) is 3.03. The summed E-state index contributed by atoms with van der Waals surface area (Å²) in [5, 5.41) is 0.661. The van der Waals surface area contributed by atoms with Crippen LogP contribution in [0.2, 0.25) is 0 Å². The fourth-order valence-electron chi connectivity index (χ4n) is 3.27. The highest BCUT2D eigenvalue weighted by molar-refractivity contribution is 8.00. The summed E-state index contributed by atoms with van der Waals surface area (Å²) in [5.41, 5.74) is 0.946. The zero-order valence-electron chi connectivity index (χ0n) is 11.1. The summed E-state index contributed by atoms with van der Waals surface area (Å²) in [6.07, 6.45) is 8.37. The van der Waals surface area contributed by atoms with Crippen molar-refractivity contribution in [2.24, 2.45) is 0 Å². The first-order valence-electron chi connectivity index (χ1n) is 7.16. The van der Waals surface area contributed by atoms with Crippen LogP contribution in [0.5, 0.6) is 0 Å². The van der Waals surface area contributed by atoms with Crippen LogP contribution < -0.4 is 0 Å². The van der Waals surface area contributed by atoms with E-state index in [2.05, 4.69) is 12.1 Å². The van der Waals surface area contributed by atoms with Crippen LogP contribution in [0.3, 0.4) is 0 Å². The molecule has 2 nitrogen and oxygen atoms in total. The van der Waals surface area contributed by atoms with Gasteiger partial charge in [-0.15, -0.1) is 11.8 Å². The van der Waals surface area contributed by atoms with Gasteiger partial charge in [-0.3, -0.25) is 4.79 Å². The highest BCUT2D eigenvalue weighted by atomic mass is 32.2. The Balaban J connectivity index is 1.63. The van der Waals surface area contributed by atoms with Crippen LogP contribution in [0.15, 0.2) is 29.2 Å². The van der Waals surface area contributed by atoms with Gasteiger partial charge in [-0.25, -0.2) is 0 Å². The molecule has 1 spiro atoms. The van der Waals surface area contributed by atoms with E-state index in [1.165, 1.54) is 37.0 Å². The van der Waals surface area contributed by atoms with Gasteiger partial charge >= 0.3 is 0 Å². The van der Waals surface area contributed by atoms with Crippen LogP contribution in [0.1, 0.15) is 48.9 Å². The Labute approximate surface area is 118 Å². The zero-order chi connectivity index (χ0) is 13.1. The van der Waals surface area contributed by atoms with Crippen LogP contribution in [0.25, 0.3) is 0 Å². The standard InChI is InChI=1S/C16H20O2S/c17-12-13-3-5-14(6-4-13)19-15-7-10-18-16(11-15)8-1-2-9-16/h3-6,12,15H,1-2,7-11H2. The molecule has 2 aliphatic rings. The molecule has 3 rings (SSSR count). The van der Waals surface area contributed by atoms with E-state index < -0.39 is 0 Å². The average Bonchev–Trinajstić information content (AvgIpc) is 2.88. The number of hydrogen-bond acceptors (Lipinski definition) is 3. The van der Waals surface area contributed by atoms with Gasteiger partial charge in [0.2, 0.25) is 0 Å². The molecule has 1 aliphatic heterocycles. The van der Waals surface area contributed by atoms with Crippen LogP contribution in [0, 0.1) is 0 Å². The molecule has 1 heterocycles. The van der Waals surface area contributed by atoms with Crippen molar-refractivity contribution in [3.8, 4) is 0 Å². The van der Waals surface area contributed by atoms with Crippen molar-refractivity contribution >= 4 is 18.0 Å². The molecule has 1 atom stereocenters. The topological polar surface area (TPSA) is 26.3 Å². The minimum absolute atomic E-state index is 0.193. The molecule has 1 aromatic carbocycles. The van der Waals surface area contributed by atoms with Crippen molar-refractivity contribution in [1.82, 2.24) is 0 Å². The minimum atomic E-state index is 0.193. The normalized spacial score (nSPS) is 25.6. The third-order valence-corrected chi connectivity index (χ3v) is 5.56. The van der Waals surface area contributed by atoms with E-state index in [0.717, 1.165) is 24.9 Å². The number of rotatable bonds is 3. The molecule has 0 N–H and O–H groups in total. The molecule has 0 amide bonds. The summed E-state index contributed by atoms with van der Waals surface area (Å²) in [6.45, 7) is 0.907. The van der Waals surface area contributed by atoms with E-state index >= 15 is 0 Å². The molecule has 102 valence electrons. The molecule has 3 heteroatoms. The van der Waals surface area contributed by atoms with E-state index in [1.54, 1.807) is 0 Å². The summed E-state index contributed by atoms with van der Waals surface area (Å²) in [5.74, 6) is 0. The van der Waals surface area contributed by atoms with E-state index in [9.17, 15) is 4.79 Å². The van der Waals surface area contributed by atoms with E-state index in [4.69, 9.17) is 4.74 Å². The van der Waals surface area contributed by atoms with Crippen molar-refractivity contribution in [3.05, 3.63) is 29.8 Å². The lowest BCUT2D eigenvalue weighted by Gasteiger charge is -2.38. The summed E-state index contributed by atoms with van der Waals surface area (Å²) in [6, 6.07) is 7.93. The monoisotopic (exact) mass is 276 g/mol. The second-order valence-electron chi connectivity index (χ2n) is 5.66. The average molecular weight is 276 g/mol. The first-order valence-corrected chi connectivity index (χ1v) is 8.04. The Morgan fingerprint density at radius 1 is 1.21 bits per heavy atom. The van der Waals surface area contributed by atoms with Gasteiger partial charge in [0.15, 0.2) is 0 Å². The maximum atomic E-state index is 10.7. The maximum Gasteiger partial charge on any atom is 0.150 e. The van der Waals surface area contributed by atoms with Crippen LogP contribution in [-0.2, 0) is 4.74 Å². The predicted octanol–water partition coefficient (Wildman–Crippen LogP) is 4.08. The number of carbonyl (C=O) groups is 1. The van der Waals surface area contributed by atoms with Gasteiger partial charge in [0.25, 0.3) is 0 Å². The van der Waals surface area contributed by atoms with E-state index in [-0.39, 0.29) is 5.60 Å². The van der Waals surface area contributed by atoms with Crippen molar-refractivity contribution in [2.75, 3.05) is 6.61 Å². The van der Waals surface area contributed by atoms with Crippen molar-refractivity contribution < 1.29 is 9.53 Å². The van der Waals surface area contributed by atoms with Gasteiger partial charge in [0, 0.05) is 22.3 Å². The Bertz CT molecular complexity index is 435. The molecule has 1 aromatic rings. The fourth-order valence-corrected chi connectivity index (χ4v) is 4.55. The van der Waals surface area contributed by atoms with Crippen LogP contribution >= 0.6 is 11.8 Å². The van der Waals surface area contributed by atoms with Gasteiger partial charge in [-0.2, -0.15) is 0 Å². The number of hydrogen-bond donors (Lipinski definition) is 0. The molecule has 2 fully saturated rings. The van der Waals surface area contributed by atoms with Crippen LogP contribution in [0.4, 0.5) is 0 Å². The first kappa shape index (κ1) is 13.2. The molecule has 1 saturated carbocycles. The van der Waals surface area contributed by atoms with Gasteiger partial charge < -0.3 is 4.74 Å². The predicted molar refractivity (Wildman–Crippen MR) is 77.9 cm³/mol. The molecule has 1 unspecified atom stereocenters. The Kier molecular flexibility index (Phi) is 3.94. The fraction of sp³-hybridized carbons (Fsp3) is 0.562. The lowest BCUT2D eigenvalue weighted by atomic mass is 9.92. The summed E-state index contributed by atoms with van der Waals surface area (Å²) >= 11 is 1.95. The summed E-state index contributed by atoms with van der Waals surface area (Å²) in [4.78, 5) is 11.9. The molecular formula is C16H20O2S. The lowest BCUT2D eigenvalue weighted by molar-refractivity contribution is -0.0704. The second-order valence-corrected chi connectivity index (χ2v) is 7.03. The first-order chi connectivity index (χ1) is 9.30. The van der Waals surface area contributed by atoms with Gasteiger partial charge in [0.1, 0.15) is 6.29 Å². The summed E-state index contributed by atoms with van der Waals surface area (Å²) in [7, 11) is 0. The maximum absolute atomic E-state index is 10.7. The van der Waals surface area contributed by atoms with Crippen molar-refractivity contribution in [2.45, 2.75) is 54.3 Å². The highest BCUT2D eigenvalue weighted by Gasteiger charge is 2.40. The summed E-state index contributed by atoms with van der Waals surface area (Å²) < 4.78 is 6.07. The number of carbonyl (C=O) groups excluding carboxylic acids is 1.